The molecule has 0 radical (unpaired) electrons. The number of carbonyl (C=O) groups excluding carboxylic acids is 1. The molecule has 0 fully saturated rings. The summed E-state index contributed by atoms with van der Waals surface area (Å²) in [5, 5.41) is 13.1. The summed E-state index contributed by atoms with van der Waals surface area (Å²) in [4.78, 5) is 16.4. The fourth-order valence-corrected chi connectivity index (χ4v) is 2.60. The molecule has 23 heavy (non-hydrogen) atoms. The van der Waals surface area contributed by atoms with Gasteiger partial charge in [0, 0.05) is 18.7 Å². The molecule has 0 aliphatic heterocycles. The first kappa shape index (κ1) is 15.3. The summed E-state index contributed by atoms with van der Waals surface area (Å²) in [6, 6.07) is 7.79. The van der Waals surface area contributed by atoms with Crippen LogP contribution in [0.2, 0.25) is 0 Å². The van der Waals surface area contributed by atoms with Gasteiger partial charge in [-0.2, -0.15) is 0 Å². The van der Waals surface area contributed by atoms with Gasteiger partial charge in [0.2, 0.25) is 0 Å². The molecule has 1 amide bonds. The summed E-state index contributed by atoms with van der Waals surface area (Å²) >= 11 is 1.34. The first-order chi connectivity index (χ1) is 11.2. The number of thiazole rings is 1. The van der Waals surface area contributed by atoms with Crippen LogP contribution in [0, 0.1) is 6.92 Å². The van der Waals surface area contributed by atoms with Gasteiger partial charge in [0.1, 0.15) is 5.69 Å². The largest absolute Gasteiger partial charge is 0.378 e. The van der Waals surface area contributed by atoms with Crippen LogP contribution < -0.4 is 5.32 Å². The third kappa shape index (κ3) is 3.27. The quantitative estimate of drug-likeness (QED) is 0.777. The number of ether oxygens (including phenoxy) is 1. The highest BCUT2D eigenvalue weighted by atomic mass is 32.1. The molecule has 0 aliphatic rings. The molecule has 7 nitrogen and oxygen atoms in total. The molecule has 118 valence electrons. The average Bonchev–Trinajstić information content (AvgIpc) is 3.18. The third-order valence-electron chi connectivity index (χ3n) is 3.19. The Morgan fingerprint density at radius 3 is 2.78 bits per heavy atom. The van der Waals surface area contributed by atoms with Gasteiger partial charge < -0.3 is 4.74 Å². The average molecular weight is 329 g/mol. The SMILES string of the molecule is COCc1c(C(=O)Nc2nccs2)nnn1-c1ccc(C)cc1. The fraction of sp³-hybridized carbons (Fsp3) is 0.200. The number of carbonyl (C=O) groups is 1. The van der Waals surface area contributed by atoms with Crippen molar-refractivity contribution < 1.29 is 9.53 Å². The summed E-state index contributed by atoms with van der Waals surface area (Å²) in [5.74, 6) is -0.356. The smallest absolute Gasteiger partial charge is 0.280 e. The highest BCUT2D eigenvalue weighted by Crippen LogP contribution is 2.17. The molecule has 0 bridgehead atoms. The topological polar surface area (TPSA) is 81.9 Å². The summed E-state index contributed by atoms with van der Waals surface area (Å²) in [6.45, 7) is 2.23. The molecular formula is C15H15N5O2S. The standard InChI is InChI=1S/C15H15N5O2S/c1-10-3-5-11(6-4-10)20-12(9-22-2)13(18-19-20)14(21)17-15-16-7-8-23-15/h3-8H,9H2,1-2H3,(H,16,17,21). The Morgan fingerprint density at radius 2 is 2.13 bits per heavy atom. The van der Waals surface area contributed by atoms with Crippen molar-refractivity contribution in [2.24, 2.45) is 0 Å². The van der Waals surface area contributed by atoms with E-state index in [0.717, 1.165) is 11.3 Å². The lowest BCUT2D eigenvalue weighted by Gasteiger charge is -2.07. The fourth-order valence-electron chi connectivity index (χ4n) is 2.08. The second kappa shape index (κ2) is 6.67. The van der Waals surface area contributed by atoms with Gasteiger partial charge in [0.15, 0.2) is 10.8 Å². The number of aromatic nitrogens is 4. The molecule has 3 rings (SSSR count). The van der Waals surface area contributed by atoms with Crippen molar-refractivity contribution in [2.45, 2.75) is 13.5 Å². The van der Waals surface area contributed by atoms with Gasteiger partial charge in [-0.3, -0.25) is 10.1 Å². The van der Waals surface area contributed by atoms with E-state index in [4.69, 9.17) is 4.74 Å². The number of anilines is 1. The molecular weight excluding hydrogens is 314 g/mol. The van der Waals surface area contributed by atoms with Crippen LogP contribution in [0.15, 0.2) is 35.8 Å². The summed E-state index contributed by atoms with van der Waals surface area (Å²) < 4.78 is 6.82. The van der Waals surface area contributed by atoms with Crippen LogP contribution in [-0.4, -0.2) is 33.0 Å². The van der Waals surface area contributed by atoms with E-state index in [0.29, 0.717) is 10.8 Å². The molecule has 0 unspecified atom stereocenters. The molecule has 0 atom stereocenters. The van der Waals surface area contributed by atoms with Crippen LogP contribution in [0.25, 0.3) is 5.69 Å². The Hall–Kier alpha value is -2.58. The minimum Gasteiger partial charge on any atom is -0.378 e. The minimum atomic E-state index is -0.356. The molecule has 1 N–H and O–H groups in total. The maximum Gasteiger partial charge on any atom is 0.280 e. The monoisotopic (exact) mass is 329 g/mol. The van der Waals surface area contributed by atoms with Crippen molar-refractivity contribution in [1.82, 2.24) is 20.0 Å². The van der Waals surface area contributed by atoms with E-state index < -0.39 is 0 Å². The van der Waals surface area contributed by atoms with E-state index in [9.17, 15) is 4.79 Å². The highest BCUT2D eigenvalue weighted by Gasteiger charge is 2.21. The van der Waals surface area contributed by atoms with E-state index in [1.807, 2.05) is 31.2 Å². The number of hydrogen-bond donors (Lipinski definition) is 1. The van der Waals surface area contributed by atoms with Crippen LogP contribution in [-0.2, 0) is 11.3 Å². The van der Waals surface area contributed by atoms with Crippen molar-refractivity contribution in [1.29, 1.82) is 0 Å². The van der Waals surface area contributed by atoms with Crippen molar-refractivity contribution in [2.75, 3.05) is 12.4 Å². The van der Waals surface area contributed by atoms with E-state index >= 15 is 0 Å². The van der Waals surface area contributed by atoms with Crippen molar-refractivity contribution >= 4 is 22.4 Å². The number of nitrogens with one attached hydrogen (secondary N) is 1. The van der Waals surface area contributed by atoms with E-state index in [-0.39, 0.29) is 18.2 Å². The molecule has 3 aromatic rings. The summed E-state index contributed by atoms with van der Waals surface area (Å²) in [7, 11) is 1.56. The zero-order valence-corrected chi connectivity index (χ0v) is 13.5. The van der Waals surface area contributed by atoms with Crippen molar-refractivity contribution in [3.8, 4) is 5.69 Å². The Balaban J connectivity index is 1.94. The van der Waals surface area contributed by atoms with E-state index in [1.165, 1.54) is 11.3 Å². The molecule has 1 aromatic carbocycles. The minimum absolute atomic E-state index is 0.224. The maximum absolute atomic E-state index is 12.4. The number of methoxy groups -OCH3 is 1. The number of aryl methyl sites for hydroxylation is 1. The number of amides is 1. The van der Waals surface area contributed by atoms with E-state index in [2.05, 4.69) is 20.6 Å². The van der Waals surface area contributed by atoms with Crippen LogP contribution in [0.4, 0.5) is 5.13 Å². The summed E-state index contributed by atoms with van der Waals surface area (Å²) in [5.41, 5.74) is 2.78. The van der Waals surface area contributed by atoms with Crippen molar-refractivity contribution in [3.63, 3.8) is 0 Å². The molecule has 8 heteroatoms. The van der Waals surface area contributed by atoms with Gasteiger partial charge in [-0.15, -0.1) is 16.4 Å². The first-order valence-electron chi connectivity index (χ1n) is 6.90. The second-order valence-corrected chi connectivity index (χ2v) is 5.75. The van der Waals surface area contributed by atoms with Crippen LogP contribution >= 0.6 is 11.3 Å². The number of rotatable bonds is 5. The number of nitrogens with zero attached hydrogens (tertiary/aromatic N) is 4. The Bertz CT molecular complexity index is 796. The molecule has 0 spiro atoms. The lowest BCUT2D eigenvalue weighted by Crippen LogP contribution is -2.15. The lowest BCUT2D eigenvalue weighted by atomic mass is 10.2. The molecule has 0 saturated carbocycles. The molecule has 2 aromatic heterocycles. The van der Waals surface area contributed by atoms with Gasteiger partial charge in [0.25, 0.3) is 5.91 Å². The van der Waals surface area contributed by atoms with Crippen LogP contribution in [0.3, 0.4) is 0 Å². The predicted molar refractivity (Wildman–Crippen MR) is 86.9 cm³/mol. The predicted octanol–water partition coefficient (Wildman–Crippen LogP) is 2.43. The second-order valence-electron chi connectivity index (χ2n) is 4.86. The molecule has 0 aliphatic carbocycles. The Morgan fingerprint density at radius 1 is 1.35 bits per heavy atom. The van der Waals surface area contributed by atoms with Crippen LogP contribution in [0.5, 0.6) is 0 Å². The highest BCUT2D eigenvalue weighted by molar-refractivity contribution is 7.13. The molecule has 0 saturated heterocycles. The first-order valence-corrected chi connectivity index (χ1v) is 7.78. The Kier molecular flexibility index (Phi) is 4.45. The van der Waals surface area contributed by atoms with Gasteiger partial charge in [-0.05, 0) is 19.1 Å². The normalized spacial score (nSPS) is 10.7. The third-order valence-corrected chi connectivity index (χ3v) is 3.88. The number of benzene rings is 1. The van der Waals surface area contributed by atoms with Gasteiger partial charge >= 0.3 is 0 Å². The Labute approximate surface area is 136 Å². The zero-order chi connectivity index (χ0) is 16.2. The van der Waals surface area contributed by atoms with Crippen LogP contribution in [0.1, 0.15) is 21.7 Å². The zero-order valence-electron chi connectivity index (χ0n) is 12.7. The number of hydrogen-bond acceptors (Lipinski definition) is 6. The molecule has 2 heterocycles. The maximum atomic E-state index is 12.4. The van der Waals surface area contributed by atoms with Gasteiger partial charge in [0.05, 0.1) is 12.3 Å². The van der Waals surface area contributed by atoms with Gasteiger partial charge in [-0.25, -0.2) is 9.67 Å². The lowest BCUT2D eigenvalue weighted by molar-refractivity contribution is 0.101. The van der Waals surface area contributed by atoms with Gasteiger partial charge in [-0.1, -0.05) is 22.9 Å². The van der Waals surface area contributed by atoms with Crippen molar-refractivity contribution in [3.05, 3.63) is 52.8 Å². The van der Waals surface area contributed by atoms with E-state index in [1.54, 1.807) is 23.4 Å². The summed E-state index contributed by atoms with van der Waals surface area (Å²) in [6.07, 6.45) is 1.62.